The molecule has 2 fully saturated rings. The van der Waals surface area contributed by atoms with Crippen molar-refractivity contribution in [2.45, 2.75) is 57.3 Å². The van der Waals surface area contributed by atoms with E-state index in [1.807, 2.05) is 6.07 Å². The highest BCUT2D eigenvalue weighted by Gasteiger charge is 2.62. The third-order valence-corrected chi connectivity index (χ3v) is 9.41. The number of Topliss-reactive ketones (excluding diaryl/α,β-unsaturated/α-hetero) is 1. The highest BCUT2D eigenvalue weighted by molar-refractivity contribution is 6.08. The molecule has 1 saturated heterocycles. The van der Waals surface area contributed by atoms with Gasteiger partial charge in [0.05, 0.1) is 17.5 Å². The molecule has 0 bridgehead atoms. The van der Waals surface area contributed by atoms with E-state index < -0.39 is 52.6 Å². The summed E-state index contributed by atoms with van der Waals surface area (Å²) in [7, 11) is 3.34. The van der Waals surface area contributed by atoms with Crippen LogP contribution in [-0.4, -0.2) is 92.6 Å². The number of carbonyl (C=O) groups excluding carboxylic acids is 2. The number of hydrogen-bond acceptors (Lipinski definition) is 9. The van der Waals surface area contributed by atoms with E-state index in [-0.39, 0.29) is 35.0 Å². The third-order valence-electron chi connectivity index (χ3n) is 9.41. The quantitative estimate of drug-likeness (QED) is 0.297. The van der Waals surface area contributed by atoms with Gasteiger partial charge in [-0.2, -0.15) is 0 Å². The average Bonchev–Trinajstić information content (AvgIpc) is 2.83. The van der Waals surface area contributed by atoms with Crippen LogP contribution in [0.25, 0.3) is 5.76 Å². The SMILES string of the molecule is CC(C)CN1CCC(c2ccc(O)c3c2CC2CC4C(C(=O)C2=C3O)C(O)(O)C(C(N)=O)=C(O)[C@H]4N(C)C)CC1. The molecule has 218 valence electrons. The Labute approximate surface area is 234 Å². The number of rotatable bonds is 5. The summed E-state index contributed by atoms with van der Waals surface area (Å²) in [4.78, 5) is 30.3. The molecule has 1 aliphatic heterocycles. The summed E-state index contributed by atoms with van der Waals surface area (Å²) in [5.41, 5.74) is 6.71. The van der Waals surface area contributed by atoms with Crippen molar-refractivity contribution in [3.05, 3.63) is 45.7 Å². The molecule has 10 heteroatoms. The number of phenolic OH excluding ortho intramolecular Hbond substituents is 1. The number of hydrogen-bond donors (Lipinski definition) is 6. The van der Waals surface area contributed by atoms with E-state index in [0.717, 1.165) is 43.6 Å². The number of fused-ring (bicyclic) bond motifs is 3. The lowest BCUT2D eigenvalue weighted by molar-refractivity contribution is -0.203. The van der Waals surface area contributed by atoms with Crippen molar-refractivity contribution in [2.75, 3.05) is 33.7 Å². The molecule has 1 aromatic carbocycles. The number of benzene rings is 1. The molecule has 4 aliphatic rings. The number of ketones is 1. The molecular weight excluding hydrogens is 514 g/mol. The van der Waals surface area contributed by atoms with Gasteiger partial charge in [-0.1, -0.05) is 19.9 Å². The lowest BCUT2D eigenvalue weighted by Crippen LogP contribution is -2.62. The van der Waals surface area contributed by atoms with Gasteiger partial charge in [0.1, 0.15) is 22.8 Å². The topological polar surface area (TPSA) is 168 Å². The van der Waals surface area contributed by atoms with Crippen LogP contribution in [0.15, 0.2) is 29.0 Å². The van der Waals surface area contributed by atoms with E-state index in [1.54, 1.807) is 25.1 Å². The maximum Gasteiger partial charge on any atom is 0.253 e. The number of likely N-dealkylation sites (tertiary alicyclic amines) is 1. The Morgan fingerprint density at radius 2 is 1.77 bits per heavy atom. The van der Waals surface area contributed by atoms with Gasteiger partial charge in [0.25, 0.3) is 5.91 Å². The van der Waals surface area contributed by atoms with E-state index in [1.165, 1.54) is 0 Å². The molecule has 0 radical (unpaired) electrons. The van der Waals surface area contributed by atoms with E-state index in [9.17, 15) is 35.1 Å². The number of carbonyl (C=O) groups is 2. The number of allylic oxidation sites excluding steroid dienone is 1. The Kier molecular flexibility index (Phi) is 7.27. The number of phenols is 1. The highest BCUT2D eigenvalue weighted by Crippen LogP contribution is 2.54. The molecule has 40 heavy (non-hydrogen) atoms. The normalized spacial score (nSPS) is 29.1. The summed E-state index contributed by atoms with van der Waals surface area (Å²) in [5, 5.41) is 55.5. The smallest absolute Gasteiger partial charge is 0.253 e. The predicted molar refractivity (Wildman–Crippen MR) is 148 cm³/mol. The maximum atomic E-state index is 14.0. The summed E-state index contributed by atoms with van der Waals surface area (Å²) in [6.07, 6.45) is 2.53. The van der Waals surface area contributed by atoms with Crippen molar-refractivity contribution in [3.63, 3.8) is 0 Å². The Hall–Kier alpha value is -2.92. The van der Waals surface area contributed by atoms with Gasteiger partial charge in [0, 0.05) is 12.1 Å². The summed E-state index contributed by atoms with van der Waals surface area (Å²) in [6.45, 7) is 7.39. The van der Waals surface area contributed by atoms with Gasteiger partial charge in [0.2, 0.25) is 5.79 Å². The van der Waals surface area contributed by atoms with Crippen LogP contribution in [-0.2, 0) is 16.0 Å². The van der Waals surface area contributed by atoms with E-state index in [0.29, 0.717) is 12.3 Å². The minimum atomic E-state index is -3.02. The fourth-order valence-corrected chi connectivity index (χ4v) is 7.91. The van der Waals surface area contributed by atoms with Gasteiger partial charge in [-0.3, -0.25) is 14.5 Å². The van der Waals surface area contributed by atoms with Gasteiger partial charge in [-0.15, -0.1) is 0 Å². The minimum absolute atomic E-state index is 0.0168. The van der Waals surface area contributed by atoms with Gasteiger partial charge < -0.3 is 36.2 Å². The lowest BCUT2D eigenvalue weighted by atomic mass is 9.57. The first-order chi connectivity index (χ1) is 18.7. The van der Waals surface area contributed by atoms with Crippen LogP contribution in [0, 0.1) is 23.7 Å². The lowest BCUT2D eigenvalue weighted by Gasteiger charge is -2.51. The van der Waals surface area contributed by atoms with Crippen LogP contribution in [0.5, 0.6) is 5.75 Å². The largest absolute Gasteiger partial charge is 0.510 e. The molecule has 4 atom stereocenters. The van der Waals surface area contributed by atoms with Crippen LogP contribution >= 0.6 is 0 Å². The van der Waals surface area contributed by atoms with Crippen LogP contribution in [0.3, 0.4) is 0 Å². The summed E-state index contributed by atoms with van der Waals surface area (Å²) in [6, 6.07) is 2.62. The number of aliphatic hydroxyl groups is 4. The number of primary amides is 1. The first-order valence-electron chi connectivity index (χ1n) is 14.1. The summed E-state index contributed by atoms with van der Waals surface area (Å²) >= 11 is 0. The molecule has 1 saturated carbocycles. The molecule has 0 spiro atoms. The second-order valence-electron chi connectivity index (χ2n) is 12.7. The predicted octanol–water partition coefficient (Wildman–Crippen LogP) is 1.80. The van der Waals surface area contributed by atoms with Crippen LogP contribution in [0.2, 0.25) is 0 Å². The molecule has 1 heterocycles. The van der Waals surface area contributed by atoms with E-state index in [2.05, 4.69) is 18.7 Å². The molecule has 1 aromatic rings. The van der Waals surface area contributed by atoms with Crippen LogP contribution < -0.4 is 5.73 Å². The zero-order valence-electron chi connectivity index (χ0n) is 23.6. The maximum absolute atomic E-state index is 14.0. The molecule has 3 unspecified atom stereocenters. The zero-order valence-corrected chi connectivity index (χ0v) is 23.6. The molecule has 1 amide bonds. The number of amides is 1. The van der Waals surface area contributed by atoms with E-state index >= 15 is 0 Å². The molecule has 10 nitrogen and oxygen atoms in total. The number of piperidine rings is 1. The second kappa shape index (κ2) is 10.2. The van der Waals surface area contributed by atoms with Crippen LogP contribution in [0.1, 0.15) is 55.7 Å². The van der Waals surface area contributed by atoms with Gasteiger partial charge >= 0.3 is 0 Å². The number of likely N-dealkylation sites (N-methyl/N-ethyl adjacent to an activating group) is 1. The van der Waals surface area contributed by atoms with Crippen molar-refractivity contribution in [1.82, 2.24) is 9.80 Å². The molecule has 7 N–H and O–H groups in total. The fraction of sp³-hybridized carbons (Fsp3) is 0.600. The van der Waals surface area contributed by atoms with Crippen molar-refractivity contribution >= 4 is 17.4 Å². The van der Waals surface area contributed by atoms with Crippen molar-refractivity contribution in [1.29, 1.82) is 0 Å². The molecule has 0 aromatic heterocycles. The number of nitrogens with zero attached hydrogens (tertiary/aromatic N) is 2. The molecular formula is C30H41N3O7. The molecule has 3 aliphatic carbocycles. The summed E-state index contributed by atoms with van der Waals surface area (Å²) in [5.74, 6) is -7.97. The van der Waals surface area contributed by atoms with Crippen LogP contribution in [0.4, 0.5) is 0 Å². The van der Waals surface area contributed by atoms with Gasteiger partial charge in [0.15, 0.2) is 5.78 Å². The third kappa shape index (κ3) is 4.41. The Morgan fingerprint density at radius 3 is 2.35 bits per heavy atom. The van der Waals surface area contributed by atoms with Gasteiger partial charge in [-0.05, 0) is 93.7 Å². The van der Waals surface area contributed by atoms with Crippen molar-refractivity contribution in [3.8, 4) is 5.75 Å². The molecule has 5 rings (SSSR count). The Bertz CT molecular complexity index is 1290. The zero-order chi connectivity index (χ0) is 29.3. The summed E-state index contributed by atoms with van der Waals surface area (Å²) < 4.78 is 0. The first kappa shape index (κ1) is 28.6. The fourth-order valence-electron chi connectivity index (χ4n) is 7.91. The Balaban J connectivity index is 1.57. The van der Waals surface area contributed by atoms with Crippen molar-refractivity contribution < 1.29 is 35.1 Å². The standard InChI is InChI=1S/C30H41N3O7/c1-14(2)13-33-9-7-15(8-10-33)17-5-6-20(34)22-18(17)11-16-12-19-23(27(36)21(16)26(22)35)30(39,40)24(29(31)38)28(37)25(19)32(3)4/h5-6,14-16,19,23,25,34-35,37,39-40H,7-13H2,1-4H3,(H2,31,38)/t16?,19?,23?,25-/m0/s1. The number of nitrogens with two attached hydrogens (primary N) is 1. The average molecular weight is 556 g/mol. The monoisotopic (exact) mass is 555 g/mol. The number of aromatic hydroxyl groups is 1. The minimum Gasteiger partial charge on any atom is -0.510 e. The first-order valence-corrected chi connectivity index (χ1v) is 14.1. The van der Waals surface area contributed by atoms with E-state index in [4.69, 9.17) is 5.73 Å². The van der Waals surface area contributed by atoms with Crippen molar-refractivity contribution in [2.24, 2.45) is 29.4 Å². The second-order valence-corrected chi connectivity index (χ2v) is 12.7. The Morgan fingerprint density at radius 1 is 1.12 bits per heavy atom. The highest BCUT2D eigenvalue weighted by atomic mass is 16.5. The van der Waals surface area contributed by atoms with Gasteiger partial charge in [-0.25, -0.2) is 0 Å². The number of aliphatic hydroxyl groups excluding tert-OH is 2.